The number of aliphatic carboxylic acids is 1. The quantitative estimate of drug-likeness (QED) is 0.810. The number of likely N-dealkylation sites (tertiary alicyclic amines) is 1. The summed E-state index contributed by atoms with van der Waals surface area (Å²) in [6.45, 7) is 5.94. The molecule has 5 nitrogen and oxygen atoms in total. The molecule has 2 aliphatic heterocycles. The molecule has 6 heteroatoms. The Morgan fingerprint density at radius 3 is 2.36 bits per heavy atom. The molecule has 138 valence electrons. The van der Waals surface area contributed by atoms with E-state index in [1.54, 1.807) is 11.8 Å². The van der Waals surface area contributed by atoms with Crippen LogP contribution in [0.3, 0.4) is 0 Å². The van der Waals surface area contributed by atoms with Gasteiger partial charge in [-0.05, 0) is 50.9 Å². The first-order valence-electron chi connectivity index (χ1n) is 9.12. The minimum atomic E-state index is -0.741. The molecule has 1 aromatic rings. The molecule has 2 saturated heterocycles. The van der Waals surface area contributed by atoms with Crippen molar-refractivity contribution < 1.29 is 9.90 Å². The lowest BCUT2D eigenvalue weighted by Gasteiger charge is -2.43. The highest BCUT2D eigenvalue weighted by Crippen LogP contribution is 2.31. The fourth-order valence-electron chi connectivity index (χ4n) is 4.10. The van der Waals surface area contributed by atoms with Crippen molar-refractivity contribution in [1.29, 1.82) is 0 Å². The maximum absolute atomic E-state index is 12.0. The van der Waals surface area contributed by atoms with Crippen molar-refractivity contribution in [2.45, 2.75) is 29.8 Å². The van der Waals surface area contributed by atoms with Gasteiger partial charge < -0.3 is 10.0 Å². The van der Waals surface area contributed by atoms with Crippen molar-refractivity contribution in [1.82, 2.24) is 14.7 Å². The highest BCUT2D eigenvalue weighted by Gasteiger charge is 2.33. The molecule has 0 aromatic heterocycles. The van der Waals surface area contributed by atoms with Crippen LogP contribution in [0.5, 0.6) is 0 Å². The van der Waals surface area contributed by atoms with Crippen LogP contribution >= 0.6 is 11.8 Å². The van der Waals surface area contributed by atoms with E-state index in [1.165, 1.54) is 25.9 Å². The first-order valence-corrected chi connectivity index (χ1v) is 10.3. The molecule has 0 spiro atoms. The Bertz CT molecular complexity index is 582. The lowest BCUT2D eigenvalue weighted by molar-refractivity contribution is -0.144. The van der Waals surface area contributed by atoms with Gasteiger partial charge in [0, 0.05) is 37.1 Å². The van der Waals surface area contributed by atoms with Gasteiger partial charge in [0.1, 0.15) is 6.04 Å². The van der Waals surface area contributed by atoms with Crippen molar-refractivity contribution in [3.63, 3.8) is 0 Å². The molecule has 1 N–H and O–H groups in total. The number of thioether (sulfide) groups is 1. The summed E-state index contributed by atoms with van der Waals surface area (Å²) in [4.78, 5) is 20.2. The largest absolute Gasteiger partial charge is 0.480 e. The third-order valence-electron chi connectivity index (χ3n) is 5.59. The first kappa shape index (κ1) is 18.7. The number of rotatable bonds is 5. The van der Waals surface area contributed by atoms with Crippen molar-refractivity contribution >= 4 is 17.7 Å². The van der Waals surface area contributed by atoms with Gasteiger partial charge in [-0.2, -0.15) is 0 Å². The number of carboxylic acids is 1. The number of hydrogen-bond donors (Lipinski definition) is 1. The molecule has 1 aromatic carbocycles. The van der Waals surface area contributed by atoms with Crippen molar-refractivity contribution in [3.8, 4) is 0 Å². The Morgan fingerprint density at radius 2 is 1.76 bits per heavy atom. The second kappa shape index (κ2) is 8.54. The molecule has 2 fully saturated rings. The van der Waals surface area contributed by atoms with Gasteiger partial charge in [0.15, 0.2) is 0 Å². The predicted octanol–water partition coefficient (Wildman–Crippen LogP) is 2.25. The zero-order valence-electron chi connectivity index (χ0n) is 15.2. The van der Waals surface area contributed by atoms with Crippen LogP contribution < -0.4 is 0 Å². The number of piperidine rings is 1. The predicted molar refractivity (Wildman–Crippen MR) is 102 cm³/mol. The molecule has 3 rings (SSSR count). The van der Waals surface area contributed by atoms with E-state index < -0.39 is 12.0 Å². The van der Waals surface area contributed by atoms with Gasteiger partial charge in [-0.15, -0.1) is 11.8 Å². The topological polar surface area (TPSA) is 47.0 Å². The van der Waals surface area contributed by atoms with E-state index in [0.29, 0.717) is 6.04 Å². The molecule has 0 aliphatic carbocycles. The molecule has 0 bridgehead atoms. The molecule has 2 aliphatic rings. The van der Waals surface area contributed by atoms with Gasteiger partial charge in [0.25, 0.3) is 0 Å². The van der Waals surface area contributed by atoms with E-state index in [-0.39, 0.29) is 0 Å². The minimum Gasteiger partial charge on any atom is -0.480 e. The van der Waals surface area contributed by atoms with Crippen molar-refractivity contribution in [3.05, 3.63) is 29.8 Å². The molecule has 0 saturated carbocycles. The zero-order chi connectivity index (χ0) is 17.8. The Labute approximate surface area is 155 Å². The van der Waals surface area contributed by atoms with Gasteiger partial charge in [0.2, 0.25) is 0 Å². The molecular formula is C19H29N3O2S. The summed E-state index contributed by atoms with van der Waals surface area (Å²) < 4.78 is 0. The molecule has 1 atom stereocenters. The molecule has 0 amide bonds. The van der Waals surface area contributed by atoms with Gasteiger partial charge in [-0.25, -0.2) is 0 Å². The van der Waals surface area contributed by atoms with Crippen LogP contribution in [-0.4, -0.2) is 84.4 Å². The van der Waals surface area contributed by atoms with Crippen LogP contribution in [0, 0.1) is 0 Å². The number of carbonyl (C=O) groups is 1. The Kier molecular flexibility index (Phi) is 6.39. The summed E-state index contributed by atoms with van der Waals surface area (Å²) in [6.07, 6.45) is 4.47. The second-order valence-electron chi connectivity index (χ2n) is 7.09. The summed E-state index contributed by atoms with van der Waals surface area (Å²) in [5, 5.41) is 9.87. The van der Waals surface area contributed by atoms with Crippen LogP contribution in [0.1, 0.15) is 24.4 Å². The Morgan fingerprint density at radius 1 is 1.12 bits per heavy atom. The SMILES string of the molecule is CSc1ccccc1[C@@H](C(=O)O)N1CCN(C2CCN(C)CC2)CC1. The number of nitrogens with zero attached hydrogens (tertiary/aromatic N) is 3. The fraction of sp³-hybridized carbons (Fsp3) is 0.632. The zero-order valence-corrected chi connectivity index (χ0v) is 16.0. The summed E-state index contributed by atoms with van der Waals surface area (Å²) in [5.41, 5.74) is 0.926. The van der Waals surface area contributed by atoms with Crippen LogP contribution in [-0.2, 0) is 4.79 Å². The van der Waals surface area contributed by atoms with Crippen LogP contribution in [0.25, 0.3) is 0 Å². The van der Waals surface area contributed by atoms with Crippen LogP contribution in [0.2, 0.25) is 0 Å². The van der Waals surface area contributed by atoms with Crippen LogP contribution in [0.4, 0.5) is 0 Å². The average molecular weight is 364 g/mol. The maximum Gasteiger partial charge on any atom is 0.325 e. The summed E-state index contributed by atoms with van der Waals surface area (Å²) >= 11 is 1.62. The molecule has 2 heterocycles. The number of piperazine rings is 1. The van der Waals surface area contributed by atoms with Gasteiger partial charge in [-0.3, -0.25) is 14.6 Å². The van der Waals surface area contributed by atoms with Crippen LogP contribution in [0.15, 0.2) is 29.2 Å². The highest BCUT2D eigenvalue weighted by atomic mass is 32.2. The first-order chi connectivity index (χ1) is 12.1. The lowest BCUT2D eigenvalue weighted by Crippen LogP contribution is -2.54. The monoisotopic (exact) mass is 363 g/mol. The normalized spacial score (nSPS) is 22.8. The fourth-order valence-corrected chi connectivity index (χ4v) is 4.73. The van der Waals surface area contributed by atoms with E-state index >= 15 is 0 Å². The lowest BCUT2D eigenvalue weighted by atomic mass is 10.0. The third kappa shape index (κ3) is 4.37. The molecule has 0 radical (unpaired) electrons. The standard InChI is InChI=1S/C19H29N3O2S/c1-20-9-7-15(8-10-20)21-11-13-22(14-12-21)18(19(23)24)16-5-3-4-6-17(16)25-2/h3-6,15,18H,7-14H2,1-2H3,(H,23,24)/t18-/m0/s1. The smallest absolute Gasteiger partial charge is 0.325 e. The van der Waals surface area contributed by atoms with E-state index in [0.717, 1.165) is 36.6 Å². The van der Waals surface area contributed by atoms with E-state index in [4.69, 9.17) is 0 Å². The summed E-state index contributed by atoms with van der Waals surface area (Å²) in [5.74, 6) is -0.741. The molecular weight excluding hydrogens is 334 g/mol. The third-order valence-corrected chi connectivity index (χ3v) is 6.40. The highest BCUT2D eigenvalue weighted by molar-refractivity contribution is 7.98. The Hall–Kier alpha value is -1.08. The van der Waals surface area contributed by atoms with E-state index in [1.807, 2.05) is 30.5 Å². The van der Waals surface area contributed by atoms with Gasteiger partial charge >= 0.3 is 5.97 Å². The van der Waals surface area contributed by atoms with Crippen molar-refractivity contribution in [2.75, 3.05) is 52.6 Å². The van der Waals surface area contributed by atoms with E-state index in [2.05, 4.69) is 21.7 Å². The minimum absolute atomic E-state index is 0.539. The molecule has 0 unspecified atom stereocenters. The van der Waals surface area contributed by atoms with Gasteiger partial charge in [-0.1, -0.05) is 18.2 Å². The number of benzene rings is 1. The second-order valence-corrected chi connectivity index (χ2v) is 7.94. The van der Waals surface area contributed by atoms with Crippen molar-refractivity contribution in [2.24, 2.45) is 0 Å². The summed E-state index contributed by atoms with van der Waals surface area (Å²) in [6, 6.07) is 8.04. The number of hydrogen-bond acceptors (Lipinski definition) is 5. The van der Waals surface area contributed by atoms with E-state index in [9.17, 15) is 9.90 Å². The molecule has 25 heavy (non-hydrogen) atoms. The summed E-state index contributed by atoms with van der Waals surface area (Å²) in [7, 11) is 2.19. The van der Waals surface area contributed by atoms with Gasteiger partial charge in [0.05, 0.1) is 0 Å². The average Bonchev–Trinajstić information content (AvgIpc) is 2.63. The maximum atomic E-state index is 12.0. The Balaban J connectivity index is 1.66. The number of carboxylic acid groups (broad SMARTS) is 1.